The number of halogens is 3. The van der Waals surface area contributed by atoms with Gasteiger partial charge in [-0.3, -0.25) is 9.36 Å². The van der Waals surface area contributed by atoms with E-state index in [1.807, 2.05) is 10.6 Å². The minimum atomic E-state index is -4.38. The fourth-order valence-electron chi connectivity index (χ4n) is 4.18. The van der Waals surface area contributed by atoms with Gasteiger partial charge in [-0.2, -0.15) is 13.2 Å². The van der Waals surface area contributed by atoms with Gasteiger partial charge in [0.15, 0.2) is 11.0 Å². The van der Waals surface area contributed by atoms with E-state index in [4.69, 9.17) is 4.74 Å². The van der Waals surface area contributed by atoms with Crippen LogP contribution in [0.5, 0.6) is 5.75 Å². The lowest BCUT2D eigenvalue weighted by Gasteiger charge is -2.18. The molecular formula is C29H29F3N4O2S. The zero-order chi connectivity index (χ0) is 28.0. The van der Waals surface area contributed by atoms with Gasteiger partial charge >= 0.3 is 6.18 Å². The number of methoxy groups -OCH3 is 1. The highest BCUT2D eigenvalue weighted by atomic mass is 32.2. The van der Waals surface area contributed by atoms with Crippen molar-refractivity contribution in [2.45, 2.75) is 50.3 Å². The molecule has 1 N–H and O–H groups in total. The molecule has 0 saturated carbocycles. The second kappa shape index (κ2) is 12.4. The number of aromatic nitrogens is 3. The molecule has 0 radical (unpaired) electrons. The zero-order valence-corrected chi connectivity index (χ0v) is 22.7. The molecule has 4 rings (SSSR count). The number of para-hydroxylation sites is 1. The minimum absolute atomic E-state index is 0.139. The molecule has 0 bridgehead atoms. The maximum atomic E-state index is 13.0. The molecule has 0 atom stereocenters. The number of amides is 1. The van der Waals surface area contributed by atoms with E-state index in [0.29, 0.717) is 28.0 Å². The molecule has 4 aromatic rings. The lowest BCUT2D eigenvalue weighted by molar-refractivity contribution is -0.137. The molecule has 1 amide bonds. The highest BCUT2D eigenvalue weighted by Gasteiger charge is 2.30. The Morgan fingerprint density at radius 2 is 1.59 bits per heavy atom. The summed E-state index contributed by atoms with van der Waals surface area (Å²) >= 11 is 1.38. The molecule has 6 nitrogen and oxygen atoms in total. The molecular weight excluding hydrogens is 525 g/mol. The van der Waals surface area contributed by atoms with Gasteiger partial charge in [-0.15, -0.1) is 10.2 Å². The van der Waals surface area contributed by atoms with Crippen LogP contribution in [0.3, 0.4) is 0 Å². The number of thioether (sulfide) groups is 1. The quantitative estimate of drug-likeness (QED) is 0.223. The maximum Gasteiger partial charge on any atom is 0.416 e. The lowest BCUT2D eigenvalue weighted by Crippen LogP contribution is -2.25. The van der Waals surface area contributed by atoms with Crippen molar-refractivity contribution in [3.05, 3.63) is 100 Å². The number of rotatable bonds is 10. The second-order valence-corrected chi connectivity index (χ2v) is 9.70. The first-order valence-corrected chi connectivity index (χ1v) is 13.5. The number of nitrogens with one attached hydrogen (secondary N) is 1. The third kappa shape index (κ3) is 6.62. The molecule has 0 aliphatic rings. The van der Waals surface area contributed by atoms with E-state index in [1.165, 1.54) is 23.9 Å². The predicted octanol–water partition coefficient (Wildman–Crippen LogP) is 6.64. The summed E-state index contributed by atoms with van der Waals surface area (Å²) in [5.41, 5.74) is 3.72. The third-order valence-corrected chi connectivity index (χ3v) is 7.30. The van der Waals surface area contributed by atoms with E-state index >= 15 is 0 Å². The van der Waals surface area contributed by atoms with Crippen molar-refractivity contribution < 1.29 is 22.7 Å². The Morgan fingerprint density at radius 1 is 0.949 bits per heavy atom. The smallest absolute Gasteiger partial charge is 0.416 e. The van der Waals surface area contributed by atoms with Crippen LogP contribution >= 0.6 is 11.8 Å². The topological polar surface area (TPSA) is 69.0 Å². The van der Waals surface area contributed by atoms with Crippen molar-refractivity contribution in [3.63, 3.8) is 0 Å². The SMILES string of the molecule is CCc1cccc(CC)c1-n1c(CNC(=O)c2ccc(OC)cc2)nnc1SCc1ccc(C(F)(F)F)cc1. The predicted molar refractivity (Wildman–Crippen MR) is 145 cm³/mol. The van der Waals surface area contributed by atoms with Crippen molar-refractivity contribution in [1.29, 1.82) is 0 Å². The van der Waals surface area contributed by atoms with Gasteiger partial charge in [0.05, 0.1) is 24.9 Å². The van der Waals surface area contributed by atoms with Gasteiger partial charge in [0, 0.05) is 11.3 Å². The molecule has 1 heterocycles. The van der Waals surface area contributed by atoms with E-state index in [2.05, 4.69) is 41.5 Å². The summed E-state index contributed by atoms with van der Waals surface area (Å²) in [7, 11) is 1.56. The minimum Gasteiger partial charge on any atom is -0.497 e. The highest BCUT2D eigenvalue weighted by molar-refractivity contribution is 7.98. The lowest BCUT2D eigenvalue weighted by atomic mass is 10.0. The van der Waals surface area contributed by atoms with E-state index in [9.17, 15) is 18.0 Å². The van der Waals surface area contributed by atoms with E-state index in [0.717, 1.165) is 47.4 Å². The van der Waals surface area contributed by atoms with Crippen LogP contribution < -0.4 is 10.1 Å². The average molecular weight is 555 g/mol. The fourth-order valence-corrected chi connectivity index (χ4v) is 5.09. The van der Waals surface area contributed by atoms with Crippen LogP contribution in [0.2, 0.25) is 0 Å². The standard InChI is InChI=1S/C29H29F3N4O2S/c1-4-20-7-6-8-21(5-2)26(20)36-25(17-33-27(37)22-11-15-24(38-3)16-12-22)34-35-28(36)39-18-19-9-13-23(14-10-19)29(30,31)32/h6-16H,4-5,17-18H2,1-3H3,(H,33,37). The van der Waals surface area contributed by atoms with Crippen LogP contribution in [0.1, 0.15) is 52.3 Å². The van der Waals surface area contributed by atoms with Gasteiger partial charge in [0.2, 0.25) is 0 Å². The number of ether oxygens (including phenoxy) is 1. The maximum absolute atomic E-state index is 13.0. The zero-order valence-electron chi connectivity index (χ0n) is 21.9. The molecule has 0 spiro atoms. The molecule has 1 aromatic heterocycles. The molecule has 0 fully saturated rings. The van der Waals surface area contributed by atoms with Crippen LogP contribution in [0.15, 0.2) is 71.9 Å². The molecule has 0 unspecified atom stereocenters. The molecule has 0 aliphatic carbocycles. The summed E-state index contributed by atoms with van der Waals surface area (Å²) in [6.07, 6.45) is -2.82. The number of benzene rings is 3. The van der Waals surface area contributed by atoms with Crippen LogP contribution in [0, 0.1) is 0 Å². The van der Waals surface area contributed by atoms with Crippen molar-refractivity contribution in [2.24, 2.45) is 0 Å². The van der Waals surface area contributed by atoms with Crippen molar-refractivity contribution in [2.75, 3.05) is 7.11 Å². The fraction of sp³-hybridized carbons (Fsp3) is 0.276. The van der Waals surface area contributed by atoms with Gasteiger partial charge in [-0.1, -0.05) is 55.9 Å². The molecule has 204 valence electrons. The van der Waals surface area contributed by atoms with Gasteiger partial charge in [-0.25, -0.2) is 0 Å². The van der Waals surface area contributed by atoms with E-state index in [-0.39, 0.29) is 12.5 Å². The Labute approximate surface area is 229 Å². The summed E-state index contributed by atoms with van der Waals surface area (Å²) in [6.45, 7) is 4.28. The monoisotopic (exact) mass is 554 g/mol. The van der Waals surface area contributed by atoms with Gasteiger partial charge in [0.1, 0.15) is 5.75 Å². The summed E-state index contributed by atoms with van der Waals surface area (Å²) in [5.74, 6) is 1.36. The summed E-state index contributed by atoms with van der Waals surface area (Å²) in [5, 5.41) is 12.3. The number of hydrogen-bond acceptors (Lipinski definition) is 5. The van der Waals surface area contributed by atoms with Crippen LogP contribution in [0.4, 0.5) is 13.2 Å². The Hall–Kier alpha value is -3.79. The number of hydrogen-bond donors (Lipinski definition) is 1. The first kappa shape index (κ1) is 28.2. The summed E-state index contributed by atoms with van der Waals surface area (Å²) in [4.78, 5) is 12.8. The molecule has 0 saturated heterocycles. The van der Waals surface area contributed by atoms with Crippen LogP contribution in [0.25, 0.3) is 5.69 Å². The number of nitrogens with zero attached hydrogens (tertiary/aromatic N) is 3. The Bertz CT molecular complexity index is 1400. The third-order valence-electron chi connectivity index (χ3n) is 6.30. The van der Waals surface area contributed by atoms with Crippen molar-refractivity contribution in [1.82, 2.24) is 20.1 Å². The van der Waals surface area contributed by atoms with Crippen LogP contribution in [-0.2, 0) is 31.3 Å². The van der Waals surface area contributed by atoms with Crippen molar-refractivity contribution in [3.8, 4) is 11.4 Å². The first-order chi connectivity index (χ1) is 18.7. The molecule has 0 aliphatic heterocycles. The molecule has 10 heteroatoms. The van der Waals surface area contributed by atoms with Crippen LogP contribution in [-0.4, -0.2) is 27.8 Å². The van der Waals surface area contributed by atoms with Crippen molar-refractivity contribution >= 4 is 17.7 Å². The molecule has 3 aromatic carbocycles. The van der Waals surface area contributed by atoms with E-state index < -0.39 is 11.7 Å². The van der Waals surface area contributed by atoms with E-state index in [1.54, 1.807) is 31.4 Å². The number of carbonyl (C=O) groups is 1. The normalized spacial score (nSPS) is 11.4. The average Bonchev–Trinajstić information content (AvgIpc) is 3.36. The van der Waals surface area contributed by atoms with Gasteiger partial charge in [0.25, 0.3) is 5.91 Å². The van der Waals surface area contributed by atoms with Gasteiger partial charge in [-0.05, 0) is 65.9 Å². The first-order valence-electron chi connectivity index (χ1n) is 12.5. The Morgan fingerprint density at radius 3 is 2.15 bits per heavy atom. The van der Waals surface area contributed by atoms with Gasteiger partial charge < -0.3 is 10.1 Å². The summed E-state index contributed by atoms with van der Waals surface area (Å²) < 4.78 is 46.0. The highest BCUT2D eigenvalue weighted by Crippen LogP contribution is 2.32. The number of carbonyl (C=O) groups excluding carboxylic acids is 1. The Balaban J connectivity index is 1.63. The largest absolute Gasteiger partial charge is 0.497 e. The summed E-state index contributed by atoms with van der Waals surface area (Å²) in [6, 6.07) is 18.1. The number of aryl methyl sites for hydroxylation is 2. The number of alkyl halides is 3. The second-order valence-electron chi connectivity index (χ2n) is 8.76. The Kier molecular flexibility index (Phi) is 8.96. The molecule has 39 heavy (non-hydrogen) atoms.